The third kappa shape index (κ3) is 5.31. The molecule has 2 aromatic rings. The largest absolute Gasteiger partial charge is 0.354 e. The van der Waals surface area contributed by atoms with Crippen molar-refractivity contribution >= 4 is 15.9 Å². The van der Waals surface area contributed by atoms with Crippen molar-refractivity contribution in [2.45, 2.75) is 30.8 Å². The minimum atomic E-state index is -3.66. The number of aryl methyl sites for hydroxylation is 2. The average Bonchev–Trinajstić information content (AvgIpc) is 3.08. The Morgan fingerprint density at radius 2 is 1.87 bits per heavy atom. The van der Waals surface area contributed by atoms with Gasteiger partial charge in [0.2, 0.25) is 5.91 Å². The van der Waals surface area contributed by atoms with Gasteiger partial charge in [-0.1, -0.05) is 12.1 Å². The Balaban J connectivity index is 1.56. The fourth-order valence-electron chi connectivity index (χ4n) is 3.77. The number of nitrogens with one attached hydrogen (secondary N) is 1. The minimum Gasteiger partial charge on any atom is -0.354 e. The molecule has 0 spiro atoms. The van der Waals surface area contributed by atoms with Crippen molar-refractivity contribution in [1.82, 2.24) is 24.1 Å². The summed E-state index contributed by atoms with van der Waals surface area (Å²) in [5.41, 5.74) is 0.915. The number of nitrogens with zero attached hydrogens (tertiary/aromatic N) is 4. The molecule has 3 rings (SSSR count). The van der Waals surface area contributed by atoms with Crippen molar-refractivity contribution in [2.24, 2.45) is 13.0 Å². The van der Waals surface area contributed by atoms with Gasteiger partial charge in [-0.3, -0.25) is 4.79 Å². The fraction of sp³-hybridized carbons (Fsp3) is 0.524. The first-order valence-corrected chi connectivity index (χ1v) is 11.7. The number of imidazole rings is 1. The number of benzene rings is 1. The van der Waals surface area contributed by atoms with Gasteiger partial charge in [0.15, 0.2) is 5.03 Å². The van der Waals surface area contributed by atoms with Gasteiger partial charge >= 0.3 is 0 Å². The number of rotatable bonds is 7. The summed E-state index contributed by atoms with van der Waals surface area (Å²) in [6.07, 6.45) is 2.43. The number of halogens is 1. The van der Waals surface area contributed by atoms with Crippen molar-refractivity contribution < 1.29 is 17.6 Å². The van der Waals surface area contributed by atoms with Gasteiger partial charge in [-0.15, -0.1) is 0 Å². The van der Waals surface area contributed by atoms with Crippen LogP contribution in [0.4, 0.5) is 4.39 Å². The van der Waals surface area contributed by atoms with E-state index in [4.69, 9.17) is 0 Å². The Bertz CT molecular complexity index is 993. The van der Waals surface area contributed by atoms with Crippen LogP contribution < -0.4 is 5.32 Å². The molecule has 1 unspecified atom stereocenters. The third-order valence-electron chi connectivity index (χ3n) is 5.86. The normalized spacial score (nSPS) is 17.1. The quantitative estimate of drug-likeness (QED) is 0.692. The summed E-state index contributed by atoms with van der Waals surface area (Å²) in [5.74, 6) is 0.00458. The lowest BCUT2D eigenvalue weighted by atomic mass is 9.97. The number of amides is 1. The summed E-state index contributed by atoms with van der Waals surface area (Å²) in [6, 6.07) is 6.17. The van der Waals surface area contributed by atoms with Crippen LogP contribution in [0.25, 0.3) is 0 Å². The van der Waals surface area contributed by atoms with Gasteiger partial charge in [0, 0.05) is 38.8 Å². The smallest absolute Gasteiger partial charge is 0.262 e. The Hall–Kier alpha value is -2.30. The Morgan fingerprint density at radius 3 is 2.39 bits per heavy atom. The van der Waals surface area contributed by atoms with Crippen LogP contribution in [0.3, 0.4) is 0 Å². The molecule has 1 saturated heterocycles. The SMILES string of the molecule is Cc1nc(S(=O)(=O)N2CCC(C(=O)NCC(c3ccc(F)cc3)N(C)C)CC2)cn1C. The molecule has 1 aliphatic rings. The van der Waals surface area contributed by atoms with E-state index >= 15 is 0 Å². The van der Waals surface area contributed by atoms with E-state index in [-0.39, 0.29) is 41.8 Å². The Morgan fingerprint density at radius 1 is 1.26 bits per heavy atom. The molecule has 1 atom stereocenters. The molecule has 31 heavy (non-hydrogen) atoms. The van der Waals surface area contributed by atoms with E-state index in [1.807, 2.05) is 19.0 Å². The number of carbonyl (C=O) groups excluding carboxylic acids is 1. The van der Waals surface area contributed by atoms with E-state index < -0.39 is 10.0 Å². The highest BCUT2D eigenvalue weighted by molar-refractivity contribution is 7.89. The Kier molecular flexibility index (Phi) is 7.13. The van der Waals surface area contributed by atoms with Gasteiger partial charge < -0.3 is 14.8 Å². The molecule has 0 saturated carbocycles. The first-order valence-electron chi connectivity index (χ1n) is 10.3. The van der Waals surface area contributed by atoms with Gasteiger partial charge in [-0.2, -0.15) is 4.31 Å². The van der Waals surface area contributed by atoms with Crippen molar-refractivity contribution in [3.05, 3.63) is 47.7 Å². The van der Waals surface area contributed by atoms with Crippen LogP contribution in [-0.4, -0.2) is 66.8 Å². The molecule has 0 bridgehead atoms. The molecule has 1 aromatic carbocycles. The summed E-state index contributed by atoms with van der Waals surface area (Å²) < 4.78 is 41.9. The molecule has 170 valence electrons. The minimum absolute atomic E-state index is 0.0449. The summed E-state index contributed by atoms with van der Waals surface area (Å²) in [4.78, 5) is 18.8. The number of piperidine rings is 1. The number of likely N-dealkylation sites (N-methyl/N-ethyl adjacent to an activating group) is 1. The third-order valence-corrected chi connectivity index (χ3v) is 7.63. The molecule has 1 N–H and O–H groups in total. The van der Waals surface area contributed by atoms with E-state index in [1.165, 1.54) is 22.6 Å². The molecule has 1 aliphatic heterocycles. The van der Waals surface area contributed by atoms with Gasteiger partial charge in [0.25, 0.3) is 10.0 Å². The summed E-state index contributed by atoms with van der Waals surface area (Å²) in [6.45, 7) is 2.71. The van der Waals surface area contributed by atoms with Crippen molar-refractivity contribution in [1.29, 1.82) is 0 Å². The topological polar surface area (TPSA) is 87.5 Å². The molecular weight excluding hydrogens is 421 g/mol. The predicted molar refractivity (Wildman–Crippen MR) is 115 cm³/mol. The van der Waals surface area contributed by atoms with E-state index in [9.17, 15) is 17.6 Å². The molecular formula is C21H30FN5O3S. The van der Waals surface area contributed by atoms with Gasteiger partial charge in [0.05, 0.1) is 6.04 Å². The lowest BCUT2D eigenvalue weighted by Crippen LogP contribution is -2.44. The number of hydrogen-bond donors (Lipinski definition) is 1. The average molecular weight is 452 g/mol. The van der Waals surface area contributed by atoms with Crippen LogP contribution in [0.5, 0.6) is 0 Å². The lowest BCUT2D eigenvalue weighted by molar-refractivity contribution is -0.126. The Labute approximate surface area is 183 Å². The van der Waals surface area contributed by atoms with Crippen LogP contribution in [-0.2, 0) is 21.9 Å². The second-order valence-corrected chi connectivity index (χ2v) is 10.1. The van der Waals surface area contributed by atoms with Crippen LogP contribution in [0.15, 0.2) is 35.5 Å². The molecule has 1 amide bonds. The number of sulfonamides is 1. The van der Waals surface area contributed by atoms with Crippen molar-refractivity contribution in [2.75, 3.05) is 33.7 Å². The highest BCUT2D eigenvalue weighted by Gasteiger charge is 2.33. The van der Waals surface area contributed by atoms with Crippen LogP contribution in [0.1, 0.15) is 30.3 Å². The zero-order valence-corrected chi connectivity index (χ0v) is 19.2. The van der Waals surface area contributed by atoms with E-state index in [2.05, 4.69) is 10.3 Å². The summed E-state index contributed by atoms with van der Waals surface area (Å²) >= 11 is 0. The molecule has 8 nitrogen and oxygen atoms in total. The maximum atomic E-state index is 13.2. The van der Waals surface area contributed by atoms with E-state index in [0.29, 0.717) is 25.2 Å². The standard InChI is InChI=1S/C21H30FN5O3S/c1-15-24-20(14-26(15)4)31(29,30)27-11-9-17(10-12-27)21(28)23-13-19(25(2)3)16-5-7-18(22)8-6-16/h5-8,14,17,19H,9-13H2,1-4H3,(H,23,28). The van der Waals surface area contributed by atoms with Gasteiger partial charge in [-0.05, 0) is 51.6 Å². The highest BCUT2D eigenvalue weighted by Crippen LogP contribution is 2.24. The second-order valence-electron chi connectivity index (χ2n) is 8.19. The summed E-state index contributed by atoms with van der Waals surface area (Å²) in [5, 5.41) is 3.03. The molecule has 0 aliphatic carbocycles. The van der Waals surface area contributed by atoms with Crippen LogP contribution in [0.2, 0.25) is 0 Å². The van der Waals surface area contributed by atoms with E-state index in [1.54, 1.807) is 30.7 Å². The van der Waals surface area contributed by atoms with Crippen molar-refractivity contribution in [3.63, 3.8) is 0 Å². The monoisotopic (exact) mass is 451 g/mol. The first-order chi connectivity index (χ1) is 14.6. The fourth-order valence-corrected chi connectivity index (χ4v) is 5.26. The number of carbonyl (C=O) groups is 1. The van der Waals surface area contributed by atoms with Crippen LogP contribution >= 0.6 is 0 Å². The molecule has 1 aromatic heterocycles. The molecule has 0 radical (unpaired) electrons. The molecule has 2 heterocycles. The highest BCUT2D eigenvalue weighted by atomic mass is 32.2. The maximum Gasteiger partial charge on any atom is 0.262 e. The molecule has 10 heteroatoms. The van der Waals surface area contributed by atoms with Gasteiger partial charge in [0.1, 0.15) is 11.6 Å². The predicted octanol–water partition coefficient (Wildman–Crippen LogP) is 1.69. The first kappa shape index (κ1) is 23.4. The molecule has 1 fully saturated rings. The van der Waals surface area contributed by atoms with Crippen LogP contribution in [0, 0.1) is 18.7 Å². The maximum absolute atomic E-state index is 13.2. The number of aromatic nitrogens is 2. The zero-order valence-electron chi connectivity index (χ0n) is 18.4. The zero-order chi connectivity index (χ0) is 22.8. The van der Waals surface area contributed by atoms with Gasteiger partial charge in [-0.25, -0.2) is 17.8 Å². The lowest BCUT2D eigenvalue weighted by Gasteiger charge is -2.31. The van der Waals surface area contributed by atoms with Crippen molar-refractivity contribution in [3.8, 4) is 0 Å². The van der Waals surface area contributed by atoms with E-state index in [0.717, 1.165) is 5.56 Å². The second kappa shape index (κ2) is 9.46. The summed E-state index contributed by atoms with van der Waals surface area (Å²) in [7, 11) is 1.91. The number of hydrogen-bond acceptors (Lipinski definition) is 5.